The van der Waals surface area contributed by atoms with Gasteiger partial charge in [0, 0.05) is 57.1 Å². The molecule has 0 radical (unpaired) electrons. The number of morpholine rings is 1. The third-order valence-electron chi connectivity index (χ3n) is 4.44. The van der Waals surface area contributed by atoms with E-state index in [1.165, 1.54) is 0 Å². The van der Waals surface area contributed by atoms with Gasteiger partial charge < -0.3 is 18.9 Å². The van der Waals surface area contributed by atoms with Gasteiger partial charge in [0.25, 0.3) is 0 Å². The lowest BCUT2D eigenvalue weighted by atomic mass is 10.1. The van der Waals surface area contributed by atoms with Crippen molar-refractivity contribution in [2.45, 2.75) is 18.9 Å². The van der Waals surface area contributed by atoms with Crippen molar-refractivity contribution >= 4 is 5.95 Å². The monoisotopic (exact) mass is 315 g/mol. The minimum atomic E-state index is 0.445. The summed E-state index contributed by atoms with van der Waals surface area (Å²) in [6.07, 6.45) is 9.68. The van der Waals surface area contributed by atoms with E-state index >= 15 is 0 Å². The van der Waals surface area contributed by atoms with Crippen LogP contribution in [0.3, 0.4) is 0 Å². The summed E-state index contributed by atoms with van der Waals surface area (Å²) < 4.78 is 13.0. The summed E-state index contributed by atoms with van der Waals surface area (Å²) in [5, 5.41) is 0. The molecule has 0 N–H and O–H groups in total. The summed E-state index contributed by atoms with van der Waals surface area (Å²) in [5.41, 5.74) is 0.957. The summed E-state index contributed by atoms with van der Waals surface area (Å²) in [4.78, 5) is 15.7. The number of nitrogens with zero attached hydrogens (tertiary/aromatic N) is 5. The fourth-order valence-electron chi connectivity index (χ4n) is 3.16. The van der Waals surface area contributed by atoms with Gasteiger partial charge in [-0.3, -0.25) is 0 Å². The van der Waals surface area contributed by atoms with Crippen LogP contribution < -0.4 is 4.90 Å². The first kappa shape index (κ1) is 14.6. The van der Waals surface area contributed by atoms with E-state index in [1.807, 2.05) is 24.8 Å². The maximum atomic E-state index is 5.45. The second-order valence-electron chi connectivity index (χ2n) is 5.87. The van der Waals surface area contributed by atoms with Crippen LogP contribution in [0.25, 0.3) is 11.4 Å². The third kappa shape index (κ3) is 3.07. The van der Waals surface area contributed by atoms with Gasteiger partial charge in [0.1, 0.15) is 5.82 Å². The molecule has 0 bridgehead atoms. The lowest BCUT2D eigenvalue weighted by molar-refractivity contribution is 0.0700. The molecule has 0 aliphatic carbocycles. The van der Waals surface area contributed by atoms with E-state index in [0.29, 0.717) is 6.04 Å². The molecule has 0 atom stereocenters. The van der Waals surface area contributed by atoms with Crippen LogP contribution in [0, 0.1) is 0 Å². The van der Waals surface area contributed by atoms with Crippen LogP contribution in [0.4, 0.5) is 5.95 Å². The summed E-state index contributed by atoms with van der Waals surface area (Å²) in [5.74, 6) is 1.70. The van der Waals surface area contributed by atoms with Gasteiger partial charge in [-0.2, -0.15) is 0 Å². The number of anilines is 1. The molecule has 0 saturated carbocycles. The van der Waals surface area contributed by atoms with Gasteiger partial charge in [-0.25, -0.2) is 15.0 Å². The molecule has 7 nitrogen and oxygen atoms in total. The van der Waals surface area contributed by atoms with Gasteiger partial charge in [-0.15, -0.1) is 0 Å². The molecule has 2 aliphatic rings. The molecule has 2 saturated heterocycles. The van der Waals surface area contributed by atoms with Crippen LogP contribution in [0.5, 0.6) is 0 Å². The van der Waals surface area contributed by atoms with E-state index in [1.54, 1.807) is 0 Å². The molecule has 2 fully saturated rings. The second kappa shape index (κ2) is 6.64. The highest BCUT2D eigenvalue weighted by Gasteiger charge is 2.20. The van der Waals surface area contributed by atoms with E-state index in [-0.39, 0.29) is 0 Å². The zero-order valence-electron chi connectivity index (χ0n) is 13.1. The minimum Gasteiger partial charge on any atom is -0.381 e. The highest BCUT2D eigenvalue weighted by atomic mass is 16.5. The molecule has 122 valence electrons. The summed E-state index contributed by atoms with van der Waals surface area (Å²) in [6.45, 7) is 4.79. The Kier molecular flexibility index (Phi) is 4.21. The van der Waals surface area contributed by atoms with Crippen molar-refractivity contribution in [2.75, 3.05) is 44.4 Å². The predicted molar refractivity (Wildman–Crippen MR) is 85.4 cm³/mol. The first-order chi connectivity index (χ1) is 11.4. The van der Waals surface area contributed by atoms with Gasteiger partial charge in [0.15, 0.2) is 0 Å². The van der Waals surface area contributed by atoms with Crippen LogP contribution >= 0.6 is 0 Å². The minimum absolute atomic E-state index is 0.445. The first-order valence-corrected chi connectivity index (χ1v) is 8.17. The smallest absolute Gasteiger partial charge is 0.225 e. The number of hydrogen-bond donors (Lipinski definition) is 0. The fourth-order valence-corrected chi connectivity index (χ4v) is 3.16. The third-order valence-corrected chi connectivity index (χ3v) is 4.44. The van der Waals surface area contributed by atoms with Gasteiger partial charge in [0.05, 0.1) is 18.8 Å². The van der Waals surface area contributed by atoms with Crippen LogP contribution in [0.2, 0.25) is 0 Å². The lowest BCUT2D eigenvalue weighted by Crippen LogP contribution is -2.37. The Labute approximate surface area is 135 Å². The van der Waals surface area contributed by atoms with Crippen molar-refractivity contribution in [3.05, 3.63) is 24.8 Å². The summed E-state index contributed by atoms with van der Waals surface area (Å²) in [7, 11) is 0. The van der Waals surface area contributed by atoms with Crippen molar-refractivity contribution in [2.24, 2.45) is 0 Å². The standard InChI is InChI=1S/C16H21N5O2/c1-7-22-8-2-14(1)21-4-3-17-15(21)13-11-18-16(19-12-13)20-5-9-23-10-6-20/h3-4,11-12,14H,1-2,5-10H2. The molecule has 2 aliphatic heterocycles. The molecule has 0 aromatic carbocycles. The zero-order chi connectivity index (χ0) is 15.5. The molecule has 2 aromatic rings. The maximum absolute atomic E-state index is 5.45. The van der Waals surface area contributed by atoms with Crippen molar-refractivity contribution < 1.29 is 9.47 Å². The normalized spacial score (nSPS) is 19.9. The highest BCUT2D eigenvalue weighted by molar-refractivity contribution is 5.54. The zero-order valence-corrected chi connectivity index (χ0v) is 13.1. The predicted octanol–water partition coefficient (Wildman–Crippen LogP) is 1.53. The van der Waals surface area contributed by atoms with Gasteiger partial charge >= 0.3 is 0 Å². The molecule has 0 unspecified atom stereocenters. The number of imidazole rings is 1. The Morgan fingerprint density at radius 3 is 2.35 bits per heavy atom. The molecule has 4 rings (SSSR count). The quantitative estimate of drug-likeness (QED) is 0.856. The fraction of sp³-hybridized carbons (Fsp3) is 0.562. The van der Waals surface area contributed by atoms with Gasteiger partial charge in [0.2, 0.25) is 5.95 Å². The Hall–Kier alpha value is -1.99. The molecule has 23 heavy (non-hydrogen) atoms. The van der Waals surface area contributed by atoms with Crippen LogP contribution in [0.1, 0.15) is 18.9 Å². The Balaban J connectivity index is 1.55. The van der Waals surface area contributed by atoms with Gasteiger partial charge in [-0.05, 0) is 12.8 Å². The molecule has 7 heteroatoms. The van der Waals surface area contributed by atoms with Crippen molar-refractivity contribution in [1.29, 1.82) is 0 Å². The molecule has 0 amide bonds. The lowest BCUT2D eigenvalue weighted by Gasteiger charge is -2.27. The van der Waals surface area contributed by atoms with Crippen LogP contribution in [-0.4, -0.2) is 59.0 Å². The number of rotatable bonds is 3. The average molecular weight is 315 g/mol. The Morgan fingerprint density at radius 1 is 0.913 bits per heavy atom. The summed E-state index contributed by atoms with van der Waals surface area (Å²) in [6, 6.07) is 0.445. The van der Waals surface area contributed by atoms with Crippen molar-refractivity contribution in [3.8, 4) is 11.4 Å². The number of ether oxygens (including phenoxy) is 2. The van der Waals surface area contributed by atoms with Crippen LogP contribution in [-0.2, 0) is 9.47 Å². The van der Waals surface area contributed by atoms with Crippen LogP contribution in [0.15, 0.2) is 24.8 Å². The topological polar surface area (TPSA) is 65.3 Å². The molecule has 0 spiro atoms. The molecule has 4 heterocycles. The van der Waals surface area contributed by atoms with E-state index < -0.39 is 0 Å². The average Bonchev–Trinajstić information content (AvgIpc) is 3.13. The maximum Gasteiger partial charge on any atom is 0.225 e. The van der Waals surface area contributed by atoms with E-state index in [2.05, 4.69) is 24.4 Å². The number of hydrogen-bond acceptors (Lipinski definition) is 6. The number of aromatic nitrogens is 4. The summed E-state index contributed by atoms with van der Waals surface area (Å²) >= 11 is 0. The van der Waals surface area contributed by atoms with E-state index in [9.17, 15) is 0 Å². The first-order valence-electron chi connectivity index (χ1n) is 8.17. The van der Waals surface area contributed by atoms with Crippen molar-refractivity contribution in [1.82, 2.24) is 19.5 Å². The largest absolute Gasteiger partial charge is 0.381 e. The highest BCUT2D eigenvalue weighted by Crippen LogP contribution is 2.27. The van der Waals surface area contributed by atoms with E-state index in [4.69, 9.17) is 9.47 Å². The van der Waals surface area contributed by atoms with Gasteiger partial charge in [-0.1, -0.05) is 0 Å². The Bertz CT molecular complexity index is 630. The second-order valence-corrected chi connectivity index (χ2v) is 5.87. The molecular formula is C16H21N5O2. The molecular weight excluding hydrogens is 294 g/mol. The SMILES string of the molecule is c1cn(C2CCOCC2)c(-c2cnc(N3CCOCC3)nc2)n1. The van der Waals surface area contributed by atoms with E-state index in [0.717, 1.165) is 69.7 Å². The Morgan fingerprint density at radius 2 is 1.61 bits per heavy atom. The molecule has 2 aromatic heterocycles. The van der Waals surface area contributed by atoms with Crippen molar-refractivity contribution in [3.63, 3.8) is 0 Å².